The van der Waals surface area contributed by atoms with Crippen molar-refractivity contribution in [3.63, 3.8) is 0 Å². The van der Waals surface area contributed by atoms with E-state index in [9.17, 15) is 4.79 Å². The SMILES string of the molecule is CNCCCN1CCC(C)(C)CC1=O. The minimum Gasteiger partial charge on any atom is -0.343 e. The second-order valence-corrected chi connectivity index (χ2v) is 4.93. The summed E-state index contributed by atoms with van der Waals surface area (Å²) in [7, 11) is 1.95. The fraction of sp³-hybridized carbons (Fsp3) is 0.909. The molecule has 1 aliphatic heterocycles. The van der Waals surface area contributed by atoms with E-state index in [1.54, 1.807) is 0 Å². The van der Waals surface area contributed by atoms with Crippen LogP contribution in [0.4, 0.5) is 0 Å². The number of nitrogens with one attached hydrogen (secondary N) is 1. The summed E-state index contributed by atoms with van der Waals surface area (Å²) in [4.78, 5) is 13.7. The summed E-state index contributed by atoms with van der Waals surface area (Å²) in [6.07, 6.45) is 2.91. The van der Waals surface area contributed by atoms with Crippen LogP contribution in [0.2, 0.25) is 0 Å². The van der Waals surface area contributed by atoms with E-state index in [4.69, 9.17) is 0 Å². The van der Waals surface area contributed by atoms with Gasteiger partial charge in [0.05, 0.1) is 0 Å². The predicted octanol–water partition coefficient (Wildman–Crippen LogP) is 1.24. The van der Waals surface area contributed by atoms with Gasteiger partial charge in [0.2, 0.25) is 5.91 Å². The Bertz CT molecular complexity index is 201. The summed E-state index contributed by atoms with van der Waals surface area (Å²) < 4.78 is 0. The van der Waals surface area contributed by atoms with Crippen molar-refractivity contribution in [3.05, 3.63) is 0 Å². The van der Waals surface area contributed by atoms with Gasteiger partial charge in [0.1, 0.15) is 0 Å². The number of likely N-dealkylation sites (tertiary alicyclic amines) is 1. The molecular formula is C11H22N2O. The van der Waals surface area contributed by atoms with Gasteiger partial charge >= 0.3 is 0 Å². The Hall–Kier alpha value is -0.570. The highest BCUT2D eigenvalue weighted by molar-refractivity contribution is 5.77. The Morgan fingerprint density at radius 2 is 2.21 bits per heavy atom. The van der Waals surface area contributed by atoms with Crippen LogP contribution in [0.5, 0.6) is 0 Å². The van der Waals surface area contributed by atoms with Crippen LogP contribution in [0.1, 0.15) is 33.1 Å². The first kappa shape index (κ1) is 11.5. The maximum atomic E-state index is 11.7. The van der Waals surface area contributed by atoms with Gasteiger partial charge in [0.25, 0.3) is 0 Å². The summed E-state index contributed by atoms with van der Waals surface area (Å²) >= 11 is 0. The van der Waals surface area contributed by atoms with E-state index in [2.05, 4.69) is 19.2 Å². The first-order valence-corrected chi connectivity index (χ1v) is 5.47. The Balaban J connectivity index is 2.31. The molecule has 3 heteroatoms. The van der Waals surface area contributed by atoms with Crippen molar-refractivity contribution in [2.24, 2.45) is 5.41 Å². The predicted molar refractivity (Wildman–Crippen MR) is 58.1 cm³/mol. The molecule has 1 heterocycles. The van der Waals surface area contributed by atoms with Gasteiger partial charge in [-0.2, -0.15) is 0 Å². The molecule has 0 spiro atoms. The van der Waals surface area contributed by atoms with E-state index in [0.717, 1.165) is 32.5 Å². The fourth-order valence-electron chi connectivity index (χ4n) is 1.86. The molecule has 1 amide bonds. The molecule has 0 radical (unpaired) electrons. The van der Waals surface area contributed by atoms with Gasteiger partial charge < -0.3 is 10.2 Å². The highest BCUT2D eigenvalue weighted by Crippen LogP contribution is 2.30. The van der Waals surface area contributed by atoms with Crippen molar-refractivity contribution in [2.45, 2.75) is 33.1 Å². The van der Waals surface area contributed by atoms with E-state index in [1.165, 1.54) is 0 Å². The quantitative estimate of drug-likeness (QED) is 0.689. The molecule has 0 aromatic heterocycles. The van der Waals surface area contributed by atoms with Crippen LogP contribution in [0.25, 0.3) is 0 Å². The molecule has 14 heavy (non-hydrogen) atoms. The second-order valence-electron chi connectivity index (χ2n) is 4.93. The van der Waals surface area contributed by atoms with Gasteiger partial charge in [-0.1, -0.05) is 13.8 Å². The van der Waals surface area contributed by atoms with Crippen molar-refractivity contribution in [1.82, 2.24) is 10.2 Å². The minimum atomic E-state index is 0.219. The lowest BCUT2D eigenvalue weighted by Gasteiger charge is -2.36. The van der Waals surface area contributed by atoms with E-state index < -0.39 is 0 Å². The Morgan fingerprint density at radius 1 is 1.50 bits per heavy atom. The molecule has 1 rings (SSSR count). The first-order chi connectivity index (χ1) is 6.55. The van der Waals surface area contributed by atoms with Crippen molar-refractivity contribution in [3.8, 4) is 0 Å². The van der Waals surface area contributed by atoms with Gasteiger partial charge in [-0.25, -0.2) is 0 Å². The number of carbonyl (C=O) groups is 1. The molecule has 3 nitrogen and oxygen atoms in total. The van der Waals surface area contributed by atoms with Crippen molar-refractivity contribution < 1.29 is 4.79 Å². The number of carbonyl (C=O) groups excluding carboxylic acids is 1. The van der Waals surface area contributed by atoms with Gasteiger partial charge in [0.15, 0.2) is 0 Å². The Labute approximate surface area is 86.9 Å². The molecule has 1 fully saturated rings. The minimum absolute atomic E-state index is 0.219. The van der Waals surface area contributed by atoms with Crippen LogP contribution in [0.15, 0.2) is 0 Å². The van der Waals surface area contributed by atoms with Crippen LogP contribution in [0, 0.1) is 5.41 Å². The standard InChI is InChI=1S/C11H22N2O/c1-11(2)5-8-13(10(14)9-11)7-4-6-12-3/h12H,4-9H2,1-3H3. The third kappa shape index (κ3) is 3.29. The number of hydrogen-bond donors (Lipinski definition) is 1. The molecule has 0 unspecified atom stereocenters. The summed E-state index contributed by atoms with van der Waals surface area (Å²) in [5.41, 5.74) is 0.219. The number of piperidine rings is 1. The van der Waals surface area contributed by atoms with Crippen molar-refractivity contribution in [1.29, 1.82) is 0 Å². The molecule has 1 N–H and O–H groups in total. The highest BCUT2D eigenvalue weighted by atomic mass is 16.2. The van der Waals surface area contributed by atoms with Gasteiger partial charge in [-0.3, -0.25) is 4.79 Å². The zero-order chi connectivity index (χ0) is 10.6. The Morgan fingerprint density at radius 3 is 2.79 bits per heavy atom. The fourth-order valence-corrected chi connectivity index (χ4v) is 1.86. The number of hydrogen-bond acceptors (Lipinski definition) is 2. The molecule has 1 saturated heterocycles. The lowest BCUT2D eigenvalue weighted by molar-refractivity contribution is -0.137. The second kappa shape index (κ2) is 4.78. The highest BCUT2D eigenvalue weighted by Gasteiger charge is 2.30. The van der Waals surface area contributed by atoms with Crippen LogP contribution >= 0.6 is 0 Å². The zero-order valence-electron chi connectivity index (χ0n) is 9.60. The molecule has 0 aromatic carbocycles. The van der Waals surface area contributed by atoms with Crippen LogP contribution in [0.3, 0.4) is 0 Å². The van der Waals surface area contributed by atoms with Gasteiger partial charge in [0, 0.05) is 19.5 Å². The third-order valence-corrected chi connectivity index (χ3v) is 2.90. The average molecular weight is 198 g/mol. The summed E-state index contributed by atoms with van der Waals surface area (Å²) in [5.74, 6) is 0.331. The van der Waals surface area contributed by atoms with Crippen molar-refractivity contribution in [2.75, 3.05) is 26.7 Å². The van der Waals surface area contributed by atoms with E-state index in [-0.39, 0.29) is 5.41 Å². The van der Waals surface area contributed by atoms with Crippen LogP contribution < -0.4 is 5.32 Å². The third-order valence-electron chi connectivity index (χ3n) is 2.90. The van der Waals surface area contributed by atoms with Gasteiger partial charge in [-0.15, -0.1) is 0 Å². The molecule has 0 atom stereocenters. The molecule has 82 valence electrons. The van der Waals surface area contributed by atoms with Gasteiger partial charge in [-0.05, 0) is 31.8 Å². The molecular weight excluding hydrogens is 176 g/mol. The summed E-state index contributed by atoms with van der Waals surface area (Å²) in [6, 6.07) is 0. The lowest BCUT2D eigenvalue weighted by atomic mass is 9.82. The molecule has 0 aliphatic carbocycles. The molecule has 1 aliphatic rings. The number of nitrogens with zero attached hydrogens (tertiary/aromatic N) is 1. The number of amides is 1. The maximum Gasteiger partial charge on any atom is 0.223 e. The molecule has 0 bridgehead atoms. The topological polar surface area (TPSA) is 32.3 Å². The van der Waals surface area contributed by atoms with E-state index in [0.29, 0.717) is 12.3 Å². The summed E-state index contributed by atoms with van der Waals surface area (Å²) in [6.45, 7) is 7.20. The molecule has 0 aromatic rings. The maximum absolute atomic E-state index is 11.7. The van der Waals surface area contributed by atoms with E-state index in [1.807, 2.05) is 11.9 Å². The smallest absolute Gasteiger partial charge is 0.223 e. The van der Waals surface area contributed by atoms with Crippen molar-refractivity contribution >= 4 is 5.91 Å². The molecule has 0 saturated carbocycles. The normalized spacial score (nSPS) is 21.4. The zero-order valence-corrected chi connectivity index (χ0v) is 9.60. The largest absolute Gasteiger partial charge is 0.343 e. The monoisotopic (exact) mass is 198 g/mol. The average Bonchev–Trinajstić information content (AvgIpc) is 2.08. The lowest BCUT2D eigenvalue weighted by Crippen LogP contribution is -2.42. The Kier molecular flexibility index (Phi) is 3.93. The van der Waals surface area contributed by atoms with E-state index >= 15 is 0 Å². The van der Waals surface area contributed by atoms with Crippen LogP contribution in [-0.4, -0.2) is 37.5 Å². The summed E-state index contributed by atoms with van der Waals surface area (Å²) in [5, 5.41) is 3.10. The number of rotatable bonds is 4. The van der Waals surface area contributed by atoms with Crippen LogP contribution in [-0.2, 0) is 4.79 Å². The first-order valence-electron chi connectivity index (χ1n) is 5.47.